The van der Waals surface area contributed by atoms with Crippen molar-refractivity contribution in [1.82, 2.24) is 5.32 Å². The standard InChI is InChI=1S/C11H13NO4S/c1-17-9-3-2-8(16-9)10(13)12-7-4-6(5-7)11(14)15/h2-3,6-7H,4-5H2,1H3,(H,12,13)(H,14,15). The predicted molar refractivity (Wildman–Crippen MR) is 62.1 cm³/mol. The summed E-state index contributed by atoms with van der Waals surface area (Å²) in [5, 5.41) is 12.1. The van der Waals surface area contributed by atoms with Gasteiger partial charge in [0, 0.05) is 6.04 Å². The maximum atomic E-state index is 11.7. The summed E-state index contributed by atoms with van der Waals surface area (Å²) in [7, 11) is 0. The van der Waals surface area contributed by atoms with Gasteiger partial charge in [-0.2, -0.15) is 0 Å². The molecule has 6 heteroatoms. The number of hydrogen-bond acceptors (Lipinski definition) is 4. The first kappa shape index (κ1) is 12.0. The first-order valence-electron chi connectivity index (χ1n) is 5.27. The van der Waals surface area contributed by atoms with E-state index in [1.54, 1.807) is 12.1 Å². The number of hydrogen-bond donors (Lipinski definition) is 2. The zero-order chi connectivity index (χ0) is 12.4. The Morgan fingerprint density at radius 1 is 1.47 bits per heavy atom. The van der Waals surface area contributed by atoms with E-state index in [0.717, 1.165) is 0 Å². The number of amides is 1. The minimum Gasteiger partial charge on any atom is -0.481 e. The molecule has 1 fully saturated rings. The van der Waals surface area contributed by atoms with Crippen LogP contribution in [0, 0.1) is 5.92 Å². The molecule has 0 spiro atoms. The van der Waals surface area contributed by atoms with Crippen LogP contribution in [0.25, 0.3) is 0 Å². The van der Waals surface area contributed by atoms with Gasteiger partial charge in [0.05, 0.1) is 5.92 Å². The molecule has 0 aromatic carbocycles. The molecule has 1 amide bonds. The van der Waals surface area contributed by atoms with Gasteiger partial charge in [-0.05, 0) is 31.2 Å². The Morgan fingerprint density at radius 2 is 2.18 bits per heavy atom. The molecule has 2 N–H and O–H groups in total. The van der Waals surface area contributed by atoms with E-state index in [-0.39, 0.29) is 23.6 Å². The van der Waals surface area contributed by atoms with Crippen LogP contribution in [0.4, 0.5) is 0 Å². The molecule has 2 rings (SSSR count). The van der Waals surface area contributed by atoms with Crippen LogP contribution in [0.5, 0.6) is 0 Å². The Morgan fingerprint density at radius 3 is 2.71 bits per heavy atom. The van der Waals surface area contributed by atoms with Crippen LogP contribution in [0.1, 0.15) is 23.4 Å². The van der Waals surface area contributed by atoms with E-state index >= 15 is 0 Å². The van der Waals surface area contributed by atoms with Crippen LogP contribution in [-0.4, -0.2) is 29.3 Å². The second-order valence-electron chi connectivity index (χ2n) is 4.00. The largest absolute Gasteiger partial charge is 0.481 e. The maximum absolute atomic E-state index is 11.7. The van der Waals surface area contributed by atoms with Gasteiger partial charge in [-0.25, -0.2) is 0 Å². The lowest BCUT2D eigenvalue weighted by molar-refractivity contribution is -0.145. The highest BCUT2D eigenvalue weighted by Crippen LogP contribution is 2.28. The summed E-state index contributed by atoms with van der Waals surface area (Å²) in [6.07, 6.45) is 2.86. The highest BCUT2D eigenvalue weighted by atomic mass is 32.2. The Kier molecular flexibility index (Phi) is 3.42. The molecular weight excluding hydrogens is 242 g/mol. The van der Waals surface area contributed by atoms with Gasteiger partial charge in [-0.15, -0.1) is 0 Å². The fourth-order valence-corrected chi connectivity index (χ4v) is 2.12. The zero-order valence-corrected chi connectivity index (χ0v) is 10.1. The second kappa shape index (κ2) is 4.83. The minimum atomic E-state index is -0.793. The van der Waals surface area contributed by atoms with Crippen LogP contribution >= 0.6 is 11.8 Å². The first-order chi connectivity index (χ1) is 8.10. The van der Waals surface area contributed by atoms with Crippen LogP contribution in [0.2, 0.25) is 0 Å². The van der Waals surface area contributed by atoms with Crippen LogP contribution in [0.15, 0.2) is 21.6 Å². The van der Waals surface area contributed by atoms with Crippen molar-refractivity contribution in [3.8, 4) is 0 Å². The molecular formula is C11H13NO4S. The molecule has 0 aliphatic heterocycles. The molecule has 0 radical (unpaired) electrons. The highest BCUT2D eigenvalue weighted by molar-refractivity contribution is 7.98. The third-order valence-corrected chi connectivity index (χ3v) is 3.45. The molecule has 92 valence electrons. The van der Waals surface area contributed by atoms with Crippen molar-refractivity contribution in [2.45, 2.75) is 24.0 Å². The smallest absolute Gasteiger partial charge is 0.306 e. The summed E-state index contributed by atoms with van der Waals surface area (Å²) in [4.78, 5) is 22.3. The number of aliphatic carboxylic acids is 1. The number of carbonyl (C=O) groups excluding carboxylic acids is 1. The lowest BCUT2D eigenvalue weighted by atomic mass is 9.80. The van der Waals surface area contributed by atoms with Crippen LogP contribution < -0.4 is 5.32 Å². The van der Waals surface area contributed by atoms with Crippen molar-refractivity contribution in [2.24, 2.45) is 5.92 Å². The summed E-state index contributed by atoms with van der Waals surface area (Å²) < 4.78 is 5.27. The van der Waals surface area contributed by atoms with Crippen LogP contribution in [-0.2, 0) is 4.79 Å². The fraction of sp³-hybridized carbons (Fsp3) is 0.455. The molecule has 1 aliphatic rings. The molecule has 1 heterocycles. The molecule has 17 heavy (non-hydrogen) atoms. The number of thioether (sulfide) groups is 1. The minimum absolute atomic E-state index is 0.0496. The monoisotopic (exact) mass is 255 g/mol. The Labute approximate surface area is 103 Å². The lowest BCUT2D eigenvalue weighted by Gasteiger charge is -2.32. The molecule has 0 saturated heterocycles. The van der Waals surface area contributed by atoms with E-state index in [9.17, 15) is 9.59 Å². The number of carboxylic acids is 1. The lowest BCUT2D eigenvalue weighted by Crippen LogP contribution is -2.46. The van der Waals surface area contributed by atoms with Crippen molar-refractivity contribution in [1.29, 1.82) is 0 Å². The number of rotatable bonds is 4. The third kappa shape index (κ3) is 2.63. The summed E-state index contributed by atoms with van der Waals surface area (Å²) in [6.45, 7) is 0. The SMILES string of the molecule is CSc1ccc(C(=O)NC2CC(C(=O)O)C2)o1. The Bertz CT molecular complexity index is 436. The summed E-state index contributed by atoms with van der Waals surface area (Å²) in [6, 6.07) is 3.31. The second-order valence-corrected chi connectivity index (χ2v) is 4.81. The average molecular weight is 255 g/mol. The van der Waals surface area contributed by atoms with E-state index < -0.39 is 5.97 Å². The molecule has 0 atom stereocenters. The van der Waals surface area contributed by atoms with Crippen molar-refractivity contribution in [2.75, 3.05) is 6.26 Å². The molecule has 1 aliphatic carbocycles. The summed E-state index contributed by atoms with van der Waals surface area (Å²) in [5.74, 6) is -1.12. The number of carboxylic acid groups (broad SMARTS) is 1. The van der Waals surface area contributed by atoms with E-state index in [1.165, 1.54) is 11.8 Å². The average Bonchev–Trinajstić information content (AvgIpc) is 2.70. The highest BCUT2D eigenvalue weighted by Gasteiger charge is 2.35. The fourth-order valence-electron chi connectivity index (χ4n) is 1.75. The van der Waals surface area contributed by atoms with E-state index in [2.05, 4.69) is 5.32 Å². The molecule has 0 unspecified atom stereocenters. The Balaban J connectivity index is 1.84. The van der Waals surface area contributed by atoms with Gasteiger partial charge in [-0.3, -0.25) is 9.59 Å². The maximum Gasteiger partial charge on any atom is 0.306 e. The quantitative estimate of drug-likeness (QED) is 0.799. The van der Waals surface area contributed by atoms with E-state index in [1.807, 2.05) is 6.26 Å². The van der Waals surface area contributed by atoms with Gasteiger partial charge in [0.2, 0.25) is 0 Å². The van der Waals surface area contributed by atoms with Gasteiger partial charge in [0.25, 0.3) is 5.91 Å². The molecule has 5 nitrogen and oxygen atoms in total. The van der Waals surface area contributed by atoms with Crippen molar-refractivity contribution in [3.63, 3.8) is 0 Å². The third-order valence-electron chi connectivity index (χ3n) is 2.83. The van der Waals surface area contributed by atoms with Crippen molar-refractivity contribution < 1.29 is 19.1 Å². The van der Waals surface area contributed by atoms with Gasteiger partial charge in [0.15, 0.2) is 10.9 Å². The number of furan rings is 1. The molecule has 1 aromatic heterocycles. The van der Waals surface area contributed by atoms with Crippen molar-refractivity contribution in [3.05, 3.63) is 17.9 Å². The van der Waals surface area contributed by atoms with Gasteiger partial charge >= 0.3 is 5.97 Å². The van der Waals surface area contributed by atoms with E-state index in [4.69, 9.17) is 9.52 Å². The molecule has 1 saturated carbocycles. The molecule has 1 aromatic rings. The normalized spacial score (nSPS) is 22.9. The summed E-state index contributed by atoms with van der Waals surface area (Å²) in [5.41, 5.74) is 0. The van der Waals surface area contributed by atoms with Gasteiger partial charge in [0.1, 0.15) is 0 Å². The van der Waals surface area contributed by atoms with Gasteiger partial charge in [-0.1, -0.05) is 11.8 Å². The van der Waals surface area contributed by atoms with E-state index in [0.29, 0.717) is 17.9 Å². The van der Waals surface area contributed by atoms with Crippen molar-refractivity contribution >= 4 is 23.6 Å². The number of carbonyl (C=O) groups is 2. The zero-order valence-electron chi connectivity index (χ0n) is 9.30. The number of nitrogens with one attached hydrogen (secondary N) is 1. The van der Waals surface area contributed by atoms with Crippen LogP contribution in [0.3, 0.4) is 0 Å². The first-order valence-corrected chi connectivity index (χ1v) is 6.50. The van der Waals surface area contributed by atoms with Gasteiger partial charge < -0.3 is 14.8 Å². The topological polar surface area (TPSA) is 79.5 Å². The summed E-state index contributed by atoms with van der Waals surface area (Å²) >= 11 is 1.43. The predicted octanol–water partition coefficient (Wildman–Crippen LogP) is 1.59. The molecule has 0 bridgehead atoms. The Hall–Kier alpha value is -1.43.